The van der Waals surface area contributed by atoms with Crippen molar-refractivity contribution >= 4 is 35.6 Å². The summed E-state index contributed by atoms with van der Waals surface area (Å²) in [4.78, 5) is 51.6. The van der Waals surface area contributed by atoms with Crippen LogP contribution >= 0.6 is 0 Å². The van der Waals surface area contributed by atoms with Crippen LogP contribution in [0.25, 0.3) is 12.2 Å². The Morgan fingerprint density at radius 1 is 0.783 bits per heavy atom. The normalized spacial score (nSPS) is 15.1. The lowest BCUT2D eigenvalue weighted by Crippen LogP contribution is -2.46. The zero-order valence-corrected chi connectivity index (χ0v) is 26.3. The number of nitrogens with zero attached hydrogens (tertiary/aromatic N) is 1. The van der Waals surface area contributed by atoms with Crippen molar-refractivity contribution < 1.29 is 38.5 Å². The summed E-state index contributed by atoms with van der Waals surface area (Å²) in [5.41, 5.74) is 1.22. The van der Waals surface area contributed by atoms with Crippen LogP contribution in [0, 0.1) is 0 Å². The van der Waals surface area contributed by atoms with Gasteiger partial charge in [0.25, 0.3) is 0 Å². The molecule has 46 heavy (non-hydrogen) atoms. The van der Waals surface area contributed by atoms with Crippen LogP contribution in [0.15, 0.2) is 48.6 Å². The molecule has 1 aliphatic rings. The van der Waals surface area contributed by atoms with Crippen LogP contribution in [0.4, 0.5) is 0 Å². The van der Waals surface area contributed by atoms with Gasteiger partial charge in [-0.15, -0.1) is 0 Å². The summed E-state index contributed by atoms with van der Waals surface area (Å²) in [5.74, 6) is -1.06. The Bertz CT molecular complexity index is 1380. The highest BCUT2D eigenvalue weighted by molar-refractivity contribution is 6.10. The van der Waals surface area contributed by atoms with Crippen molar-refractivity contribution in [3.63, 3.8) is 0 Å². The number of phenols is 1. The van der Waals surface area contributed by atoms with Gasteiger partial charge in [0.2, 0.25) is 5.91 Å². The first-order valence-corrected chi connectivity index (χ1v) is 15.1. The summed E-state index contributed by atoms with van der Waals surface area (Å²) in [6.45, 7) is 6.24. The Morgan fingerprint density at radius 2 is 1.33 bits per heavy atom. The van der Waals surface area contributed by atoms with E-state index in [1.54, 1.807) is 24.3 Å². The average molecular weight is 638 g/mol. The molecule has 0 aromatic heterocycles. The van der Waals surface area contributed by atoms with E-state index in [0.29, 0.717) is 24.2 Å². The van der Waals surface area contributed by atoms with Crippen LogP contribution in [-0.4, -0.2) is 113 Å². The zero-order valence-electron chi connectivity index (χ0n) is 26.3. The summed E-state index contributed by atoms with van der Waals surface area (Å²) in [6, 6.07) is 9.37. The van der Waals surface area contributed by atoms with Gasteiger partial charge in [0.15, 0.2) is 34.6 Å². The van der Waals surface area contributed by atoms with E-state index in [1.807, 2.05) is 4.90 Å². The van der Waals surface area contributed by atoms with E-state index in [1.165, 1.54) is 50.7 Å². The maximum atomic E-state index is 12.5. The minimum absolute atomic E-state index is 0.0158. The van der Waals surface area contributed by atoms with Crippen LogP contribution in [-0.2, 0) is 19.2 Å². The fourth-order valence-corrected chi connectivity index (χ4v) is 4.40. The van der Waals surface area contributed by atoms with Gasteiger partial charge in [-0.05, 0) is 47.5 Å². The Balaban J connectivity index is 1.46. The molecule has 0 spiro atoms. The molecule has 13 heteroatoms. The molecular weight excluding hydrogens is 594 g/mol. The van der Waals surface area contributed by atoms with Gasteiger partial charge in [-0.2, -0.15) is 0 Å². The summed E-state index contributed by atoms with van der Waals surface area (Å²) < 4.78 is 15.8. The van der Waals surface area contributed by atoms with Gasteiger partial charge in [-0.25, -0.2) is 4.79 Å². The lowest BCUT2D eigenvalue weighted by Gasteiger charge is -2.23. The zero-order chi connectivity index (χ0) is 33.1. The van der Waals surface area contributed by atoms with E-state index in [2.05, 4.69) is 21.3 Å². The molecule has 1 heterocycles. The average Bonchev–Trinajstić information content (AvgIpc) is 3.04. The van der Waals surface area contributed by atoms with Crippen molar-refractivity contribution in [3.8, 4) is 23.0 Å². The Morgan fingerprint density at radius 3 is 1.91 bits per heavy atom. The number of carbonyl (C=O) groups excluding carboxylic acids is 4. The van der Waals surface area contributed by atoms with Crippen molar-refractivity contribution in [2.24, 2.45) is 0 Å². The van der Waals surface area contributed by atoms with E-state index >= 15 is 0 Å². The molecular formula is C33H43N5O8. The number of allylic oxidation sites excluding steroid dienone is 2. The molecule has 0 unspecified atom stereocenters. The lowest BCUT2D eigenvalue weighted by atomic mass is 10.1. The fourth-order valence-electron chi connectivity index (χ4n) is 4.40. The molecule has 2 aromatic carbocycles. The SMILES string of the molecule is COc1cc(/C=C/C(=O)CC(=O)/C=C/c2ccc(OC(=O)CNC(=O)CN3CCNCCNCCNCC3)c(OC)c2)ccc1O. The maximum Gasteiger partial charge on any atom is 0.330 e. The molecule has 248 valence electrons. The minimum Gasteiger partial charge on any atom is -0.504 e. The highest BCUT2D eigenvalue weighted by Gasteiger charge is 2.15. The Labute approximate surface area is 269 Å². The van der Waals surface area contributed by atoms with E-state index in [4.69, 9.17) is 14.2 Å². The van der Waals surface area contributed by atoms with Gasteiger partial charge in [-0.3, -0.25) is 19.3 Å². The third-order valence-corrected chi connectivity index (χ3v) is 6.85. The standard InChI is InChI=1S/C33H43N5O8/c1-44-30-19-24(5-9-28(30)41)3-7-26(39)21-27(40)8-4-25-6-10-29(31(20-25)45-2)46-33(43)22-37-32(42)23-38-17-15-35-13-11-34-12-14-36-16-18-38/h3-10,19-20,34-36,41H,11-18,21-23H2,1-2H3,(H,37,42)/b7-3+,8-4+. The number of ether oxygens (including phenoxy) is 3. The molecule has 2 aromatic rings. The number of aromatic hydroxyl groups is 1. The number of hydrogen-bond acceptors (Lipinski definition) is 12. The predicted octanol–water partition coefficient (Wildman–Crippen LogP) is 0.770. The van der Waals surface area contributed by atoms with Gasteiger partial charge in [0.1, 0.15) is 6.54 Å². The predicted molar refractivity (Wildman–Crippen MR) is 174 cm³/mol. The number of nitrogens with one attached hydrogen (secondary N) is 4. The van der Waals surface area contributed by atoms with Crippen molar-refractivity contribution in [2.75, 3.05) is 79.7 Å². The van der Waals surface area contributed by atoms with Crippen LogP contribution in [0.1, 0.15) is 17.5 Å². The highest BCUT2D eigenvalue weighted by Crippen LogP contribution is 2.29. The topological polar surface area (TPSA) is 168 Å². The number of methoxy groups -OCH3 is 2. The van der Waals surface area contributed by atoms with E-state index < -0.39 is 11.8 Å². The fraction of sp³-hybridized carbons (Fsp3) is 0.394. The molecule has 5 N–H and O–H groups in total. The third-order valence-electron chi connectivity index (χ3n) is 6.85. The quantitative estimate of drug-likeness (QED) is 0.0908. The van der Waals surface area contributed by atoms with Crippen molar-refractivity contribution in [2.45, 2.75) is 6.42 Å². The number of amides is 1. The molecule has 0 bridgehead atoms. The first kappa shape index (κ1) is 35.9. The van der Waals surface area contributed by atoms with Gasteiger partial charge in [0.05, 0.1) is 27.2 Å². The second-order valence-corrected chi connectivity index (χ2v) is 10.4. The molecule has 13 nitrogen and oxygen atoms in total. The van der Waals surface area contributed by atoms with Crippen LogP contribution in [0.2, 0.25) is 0 Å². The smallest absolute Gasteiger partial charge is 0.330 e. The molecule has 1 saturated heterocycles. The number of benzene rings is 2. The molecule has 0 aliphatic carbocycles. The Hall–Kier alpha value is -4.56. The molecule has 0 atom stereocenters. The number of hydrogen-bond donors (Lipinski definition) is 5. The van der Waals surface area contributed by atoms with Crippen molar-refractivity contribution in [1.29, 1.82) is 0 Å². The van der Waals surface area contributed by atoms with Gasteiger partial charge < -0.3 is 40.6 Å². The van der Waals surface area contributed by atoms with Gasteiger partial charge in [-0.1, -0.05) is 24.3 Å². The lowest BCUT2D eigenvalue weighted by molar-refractivity contribution is -0.135. The van der Waals surface area contributed by atoms with E-state index in [9.17, 15) is 24.3 Å². The second kappa shape index (κ2) is 19.7. The number of carbonyl (C=O) groups is 4. The Kier molecular flexibility index (Phi) is 15.4. The number of phenolic OH excluding ortho intramolecular Hbond substituents is 1. The van der Waals surface area contributed by atoms with Gasteiger partial charge in [0, 0.05) is 52.4 Å². The van der Waals surface area contributed by atoms with Crippen molar-refractivity contribution in [3.05, 3.63) is 59.7 Å². The summed E-state index contributed by atoms with van der Waals surface area (Å²) >= 11 is 0. The van der Waals surface area contributed by atoms with Crippen LogP contribution in [0.5, 0.6) is 23.0 Å². The molecule has 1 amide bonds. The van der Waals surface area contributed by atoms with Gasteiger partial charge >= 0.3 is 5.97 Å². The first-order valence-electron chi connectivity index (χ1n) is 15.1. The molecule has 0 saturated carbocycles. The first-order chi connectivity index (χ1) is 22.3. The van der Waals surface area contributed by atoms with E-state index in [0.717, 1.165) is 39.3 Å². The number of rotatable bonds is 13. The second-order valence-electron chi connectivity index (χ2n) is 10.4. The van der Waals surface area contributed by atoms with Crippen LogP contribution in [0.3, 0.4) is 0 Å². The minimum atomic E-state index is -0.660. The summed E-state index contributed by atoms with van der Waals surface area (Å²) in [7, 11) is 2.84. The van der Waals surface area contributed by atoms with E-state index in [-0.39, 0.29) is 54.2 Å². The summed E-state index contributed by atoms with van der Waals surface area (Å²) in [5, 5.41) is 22.3. The monoisotopic (exact) mass is 637 g/mol. The largest absolute Gasteiger partial charge is 0.504 e. The maximum absolute atomic E-state index is 12.5. The summed E-state index contributed by atoms with van der Waals surface area (Å²) in [6.07, 6.45) is 5.31. The third kappa shape index (κ3) is 13.2. The number of esters is 1. The van der Waals surface area contributed by atoms with Crippen LogP contribution < -0.4 is 35.5 Å². The molecule has 1 aliphatic heterocycles. The molecule has 0 radical (unpaired) electrons. The highest BCUT2D eigenvalue weighted by atomic mass is 16.6. The molecule has 1 fully saturated rings. The van der Waals surface area contributed by atoms with Crippen molar-refractivity contribution in [1.82, 2.24) is 26.2 Å². The molecule has 3 rings (SSSR count). The number of ketones is 2.